The van der Waals surface area contributed by atoms with Crippen LogP contribution in [0.25, 0.3) is 0 Å². The fourth-order valence-corrected chi connectivity index (χ4v) is 0.922. The molecular weight excluding hydrogens is 192 g/mol. The molecule has 0 saturated carbocycles. The minimum Gasteiger partial charge on any atom is -0.380 e. The van der Waals surface area contributed by atoms with Crippen LogP contribution in [0.4, 0.5) is 0 Å². The second-order valence-corrected chi connectivity index (χ2v) is 3.12. The van der Waals surface area contributed by atoms with Gasteiger partial charge in [-0.3, -0.25) is 10.1 Å². The first-order valence-corrected chi connectivity index (χ1v) is 5.30. The molecule has 0 atom stereocenters. The van der Waals surface area contributed by atoms with Crippen LogP contribution in [0.3, 0.4) is 0 Å². The fourth-order valence-electron chi connectivity index (χ4n) is 0.922. The highest BCUT2D eigenvalue weighted by Gasteiger charge is 1.97. The van der Waals surface area contributed by atoms with Crippen molar-refractivity contribution in [1.29, 1.82) is 0 Å². The summed E-state index contributed by atoms with van der Waals surface area (Å²) in [6, 6.07) is 0. The number of terminal acetylenes is 1. The van der Waals surface area contributed by atoms with Gasteiger partial charge in [0.1, 0.15) is 0 Å². The zero-order valence-corrected chi connectivity index (χ0v) is 9.34. The average Bonchev–Trinajstić information content (AvgIpc) is 2.23. The molecule has 0 bridgehead atoms. The first-order chi connectivity index (χ1) is 7.31. The highest BCUT2D eigenvalue weighted by Crippen LogP contribution is 1.86. The largest absolute Gasteiger partial charge is 0.380 e. The molecule has 0 radical (unpaired) electrons. The summed E-state index contributed by atoms with van der Waals surface area (Å²) < 4.78 is 5.28. The number of amides is 1. The summed E-state index contributed by atoms with van der Waals surface area (Å²) in [6.45, 7) is 4.69. The first kappa shape index (κ1) is 13.9. The van der Waals surface area contributed by atoms with Crippen LogP contribution in [-0.2, 0) is 9.53 Å². The Morgan fingerprint density at radius 2 is 2.27 bits per heavy atom. The standard InChI is InChI=1S/C11H20N2O2/c1-3-5-8-15-9-7-13-11(14)10-12-6-4-2/h2,12H,3,5-10H2,1H3,(H,13,14). The van der Waals surface area contributed by atoms with Gasteiger partial charge < -0.3 is 10.1 Å². The Labute approximate surface area is 91.8 Å². The van der Waals surface area contributed by atoms with Crippen LogP contribution in [-0.4, -0.2) is 38.8 Å². The summed E-state index contributed by atoms with van der Waals surface area (Å²) in [5, 5.41) is 5.53. The van der Waals surface area contributed by atoms with Gasteiger partial charge in [-0.25, -0.2) is 0 Å². The lowest BCUT2D eigenvalue weighted by molar-refractivity contribution is -0.120. The highest BCUT2D eigenvalue weighted by molar-refractivity contribution is 5.77. The highest BCUT2D eigenvalue weighted by atomic mass is 16.5. The van der Waals surface area contributed by atoms with E-state index in [4.69, 9.17) is 11.2 Å². The second-order valence-electron chi connectivity index (χ2n) is 3.12. The van der Waals surface area contributed by atoms with Crippen LogP contribution in [0.15, 0.2) is 0 Å². The number of hydrogen-bond acceptors (Lipinski definition) is 3. The van der Waals surface area contributed by atoms with Crippen LogP contribution in [0.2, 0.25) is 0 Å². The van der Waals surface area contributed by atoms with Gasteiger partial charge in [-0.05, 0) is 6.42 Å². The van der Waals surface area contributed by atoms with Crippen molar-refractivity contribution in [2.24, 2.45) is 0 Å². The van der Waals surface area contributed by atoms with E-state index in [0.717, 1.165) is 19.4 Å². The summed E-state index contributed by atoms with van der Waals surface area (Å²) in [5.74, 6) is 2.35. The van der Waals surface area contributed by atoms with Gasteiger partial charge in [-0.15, -0.1) is 6.42 Å². The predicted octanol–water partition coefficient (Wildman–Crippen LogP) is 0.142. The zero-order chi connectivity index (χ0) is 11.4. The van der Waals surface area contributed by atoms with Crippen molar-refractivity contribution in [2.45, 2.75) is 19.8 Å². The molecule has 0 aliphatic rings. The van der Waals surface area contributed by atoms with Crippen LogP contribution >= 0.6 is 0 Å². The summed E-state index contributed by atoms with van der Waals surface area (Å²) in [7, 11) is 0. The molecule has 0 rings (SSSR count). The van der Waals surface area contributed by atoms with Gasteiger partial charge in [-0.2, -0.15) is 0 Å². The lowest BCUT2D eigenvalue weighted by atomic mass is 10.4. The smallest absolute Gasteiger partial charge is 0.234 e. The van der Waals surface area contributed by atoms with E-state index >= 15 is 0 Å². The molecule has 0 saturated heterocycles. The lowest BCUT2D eigenvalue weighted by Crippen LogP contribution is -2.35. The van der Waals surface area contributed by atoms with Crippen molar-refractivity contribution < 1.29 is 9.53 Å². The Morgan fingerprint density at radius 1 is 1.47 bits per heavy atom. The average molecular weight is 212 g/mol. The number of ether oxygens (including phenoxy) is 1. The molecule has 15 heavy (non-hydrogen) atoms. The molecule has 0 aliphatic carbocycles. The molecule has 1 amide bonds. The predicted molar refractivity (Wildman–Crippen MR) is 60.4 cm³/mol. The Morgan fingerprint density at radius 3 is 2.93 bits per heavy atom. The maximum atomic E-state index is 11.1. The summed E-state index contributed by atoms with van der Waals surface area (Å²) in [6.07, 6.45) is 7.21. The van der Waals surface area contributed by atoms with E-state index in [1.165, 1.54) is 0 Å². The molecule has 0 aliphatic heterocycles. The van der Waals surface area contributed by atoms with Gasteiger partial charge in [0.15, 0.2) is 0 Å². The Kier molecular flexibility index (Phi) is 10.3. The molecule has 86 valence electrons. The second kappa shape index (κ2) is 11.0. The fraction of sp³-hybridized carbons (Fsp3) is 0.727. The molecule has 0 fully saturated rings. The van der Waals surface area contributed by atoms with Crippen LogP contribution < -0.4 is 10.6 Å². The molecule has 0 aromatic rings. The first-order valence-electron chi connectivity index (χ1n) is 5.30. The normalized spacial score (nSPS) is 9.60. The molecule has 0 aromatic heterocycles. The van der Waals surface area contributed by atoms with Gasteiger partial charge in [0.25, 0.3) is 0 Å². The summed E-state index contributed by atoms with van der Waals surface area (Å²) >= 11 is 0. The maximum absolute atomic E-state index is 11.1. The zero-order valence-electron chi connectivity index (χ0n) is 9.34. The minimum atomic E-state index is -0.0515. The molecule has 0 spiro atoms. The van der Waals surface area contributed by atoms with Gasteiger partial charge in [0.2, 0.25) is 5.91 Å². The summed E-state index contributed by atoms with van der Waals surface area (Å²) in [4.78, 5) is 11.1. The molecule has 4 nitrogen and oxygen atoms in total. The number of unbranched alkanes of at least 4 members (excludes halogenated alkanes) is 1. The van der Waals surface area contributed by atoms with E-state index in [2.05, 4.69) is 23.5 Å². The van der Waals surface area contributed by atoms with Crippen LogP contribution in [0, 0.1) is 12.3 Å². The number of hydrogen-bond donors (Lipinski definition) is 2. The van der Waals surface area contributed by atoms with E-state index in [-0.39, 0.29) is 12.5 Å². The van der Waals surface area contributed by atoms with Gasteiger partial charge in [0.05, 0.1) is 19.7 Å². The Bertz CT molecular complexity index is 199. The number of carbonyl (C=O) groups excluding carboxylic acids is 1. The van der Waals surface area contributed by atoms with E-state index in [9.17, 15) is 4.79 Å². The maximum Gasteiger partial charge on any atom is 0.234 e. The van der Waals surface area contributed by atoms with Gasteiger partial charge in [0, 0.05) is 13.2 Å². The molecular formula is C11H20N2O2. The minimum absolute atomic E-state index is 0.0515. The lowest BCUT2D eigenvalue weighted by Gasteiger charge is -2.05. The molecule has 4 heteroatoms. The SMILES string of the molecule is C#CCNCC(=O)NCCOCCCC. The van der Waals surface area contributed by atoms with Crippen molar-refractivity contribution in [3.05, 3.63) is 0 Å². The van der Waals surface area contributed by atoms with Crippen LogP contribution in [0.1, 0.15) is 19.8 Å². The van der Waals surface area contributed by atoms with Crippen molar-refractivity contribution in [3.8, 4) is 12.3 Å². The van der Waals surface area contributed by atoms with E-state index < -0.39 is 0 Å². The Hall–Kier alpha value is -1.05. The number of nitrogens with one attached hydrogen (secondary N) is 2. The Balaban J connectivity index is 3.14. The quantitative estimate of drug-likeness (QED) is 0.422. The third-order valence-corrected chi connectivity index (χ3v) is 1.72. The number of carbonyl (C=O) groups is 1. The van der Waals surface area contributed by atoms with E-state index in [0.29, 0.717) is 19.7 Å². The number of rotatable bonds is 9. The third-order valence-electron chi connectivity index (χ3n) is 1.72. The van der Waals surface area contributed by atoms with Crippen molar-refractivity contribution in [3.63, 3.8) is 0 Å². The van der Waals surface area contributed by atoms with E-state index in [1.54, 1.807) is 0 Å². The van der Waals surface area contributed by atoms with Crippen molar-refractivity contribution in [2.75, 3.05) is 32.8 Å². The molecule has 2 N–H and O–H groups in total. The van der Waals surface area contributed by atoms with Crippen molar-refractivity contribution in [1.82, 2.24) is 10.6 Å². The van der Waals surface area contributed by atoms with E-state index in [1.807, 2.05) is 0 Å². The topological polar surface area (TPSA) is 50.4 Å². The molecule has 0 heterocycles. The third kappa shape index (κ3) is 10.9. The van der Waals surface area contributed by atoms with Crippen molar-refractivity contribution >= 4 is 5.91 Å². The van der Waals surface area contributed by atoms with Gasteiger partial charge in [-0.1, -0.05) is 19.3 Å². The summed E-state index contributed by atoms with van der Waals surface area (Å²) in [5.41, 5.74) is 0. The van der Waals surface area contributed by atoms with Crippen LogP contribution in [0.5, 0.6) is 0 Å². The molecule has 0 unspecified atom stereocenters. The molecule has 0 aromatic carbocycles. The van der Waals surface area contributed by atoms with Gasteiger partial charge >= 0.3 is 0 Å². The monoisotopic (exact) mass is 212 g/mol.